The molecule has 4 N–H and O–H groups in total. The maximum atomic E-state index is 13.8. The Hall–Kier alpha value is -2.89. The van der Waals surface area contributed by atoms with Crippen molar-refractivity contribution in [3.8, 4) is 0 Å². The van der Waals surface area contributed by atoms with Crippen LogP contribution >= 0.6 is 0 Å². The summed E-state index contributed by atoms with van der Waals surface area (Å²) in [5, 5.41) is 44.6. The van der Waals surface area contributed by atoms with Crippen molar-refractivity contribution in [2.24, 2.45) is 23.7 Å². The summed E-state index contributed by atoms with van der Waals surface area (Å²) in [6.45, 7) is 11.7. The molecule has 50 heavy (non-hydrogen) atoms. The highest BCUT2D eigenvalue weighted by Gasteiger charge is 2.53. The molecule has 11 atom stereocenters. The molecule has 2 fully saturated rings. The highest BCUT2D eigenvalue weighted by atomic mass is 16.6. The zero-order valence-electron chi connectivity index (χ0n) is 30.7. The molecular formula is C40H59NO9. The third-order valence-electron chi connectivity index (χ3n) is 11.1. The molecule has 0 spiro atoms. The van der Waals surface area contributed by atoms with Gasteiger partial charge in [0.25, 0.3) is 11.7 Å². The Morgan fingerprint density at radius 3 is 2.34 bits per heavy atom. The number of aliphatic hydroxyl groups excluding tert-OH is 3. The molecule has 0 saturated carbocycles. The van der Waals surface area contributed by atoms with Crippen molar-refractivity contribution in [1.82, 2.24) is 4.90 Å². The van der Waals surface area contributed by atoms with Crippen LogP contribution in [0, 0.1) is 23.7 Å². The van der Waals surface area contributed by atoms with E-state index in [0.29, 0.717) is 38.5 Å². The van der Waals surface area contributed by atoms with Crippen LogP contribution in [0.4, 0.5) is 0 Å². The van der Waals surface area contributed by atoms with E-state index >= 15 is 0 Å². The quantitative estimate of drug-likeness (QED) is 0.171. The van der Waals surface area contributed by atoms with Crippen molar-refractivity contribution in [1.29, 1.82) is 0 Å². The van der Waals surface area contributed by atoms with Crippen LogP contribution in [-0.2, 0) is 23.9 Å². The Balaban J connectivity index is 1.62. The van der Waals surface area contributed by atoms with Gasteiger partial charge >= 0.3 is 5.97 Å². The molecule has 10 nitrogen and oxygen atoms in total. The van der Waals surface area contributed by atoms with E-state index in [9.17, 15) is 34.8 Å². The number of hydrogen-bond acceptors (Lipinski definition) is 9. The number of allylic oxidation sites excluding steroid dienone is 6. The van der Waals surface area contributed by atoms with E-state index in [1.807, 2.05) is 32.9 Å². The zero-order chi connectivity index (χ0) is 36.7. The maximum Gasteiger partial charge on any atom is 0.329 e. The lowest BCUT2D eigenvalue weighted by Gasteiger charge is -2.44. The third-order valence-corrected chi connectivity index (χ3v) is 11.1. The smallest absolute Gasteiger partial charge is 0.329 e. The number of ether oxygens (including phenoxy) is 2. The Bertz CT molecular complexity index is 1380. The molecule has 278 valence electrons. The average Bonchev–Trinajstić information content (AvgIpc) is 3.09. The molecule has 10 unspecified atom stereocenters. The largest absolute Gasteiger partial charge is 0.453 e. The summed E-state index contributed by atoms with van der Waals surface area (Å²) in [7, 11) is 0. The monoisotopic (exact) mass is 697 g/mol. The fraction of sp³-hybridized carbons (Fsp3) is 0.675. The number of ketones is 1. The fourth-order valence-electron chi connectivity index (χ4n) is 7.46. The minimum absolute atomic E-state index is 0.0773. The highest BCUT2D eigenvalue weighted by molar-refractivity contribution is 6.39. The van der Waals surface area contributed by atoms with Gasteiger partial charge < -0.3 is 34.8 Å². The molecular weight excluding hydrogens is 638 g/mol. The predicted molar refractivity (Wildman–Crippen MR) is 190 cm³/mol. The zero-order valence-corrected chi connectivity index (χ0v) is 30.7. The molecule has 1 amide bonds. The standard InChI is InChI=1S/C40H59NO9/c1-7-29-20-25(3)21-30-14-18-36(34(44)23-30)49-39(47)31-10-8-9-19-41(31)38(46)37(45)40(48)27(5)13-17-35(50-40)28(6)33(43)16-12-24(2)11-15-32(42)26(4)22-29/h12,14,16,18,21-24,27-29,31-36,42-44,48H,7-11,13,15,17,19-20H2,1-6H3/b16-12+,25-21+,26-22+/t24?,27?,28?,29?,31?,32?,33?,34?,35?,36?,40-/m0/s1. The summed E-state index contributed by atoms with van der Waals surface area (Å²) in [5.74, 6) is -6.19. The normalized spacial score (nSPS) is 41.5. The van der Waals surface area contributed by atoms with Crippen molar-refractivity contribution in [2.75, 3.05) is 6.54 Å². The lowest BCUT2D eigenvalue weighted by Crippen LogP contribution is -2.61. The average molecular weight is 698 g/mol. The number of amides is 1. The van der Waals surface area contributed by atoms with Crippen molar-refractivity contribution in [3.05, 3.63) is 59.3 Å². The van der Waals surface area contributed by atoms with Crippen LogP contribution in [0.3, 0.4) is 0 Å². The number of hydrogen-bond donors (Lipinski definition) is 4. The summed E-state index contributed by atoms with van der Waals surface area (Å²) in [6.07, 6.45) is 13.8. The van der Waals surface area contributed by atoms with Crippen molar-refractivity contribution < 1.29 is 44.3 Å². The number of Topliss-reactive ketones (excluding diaryl/α,β-unsaturated/α-hetero) is 1. The van der Waals surface area contributed by atoms with E-state index in [1.54, 1.807) is 38.2 Å². The first kappa shape index (κ1) is 39.9. The van der Waals surface area contributed by atoms with E-state index in [1.165, 1.54) is 4.90 Å². The van der Waals surface area contributed by atoms with Gasteiger partial charge in [-0.15, -0.1) is 0 Å². The lowest BCUT2D eigenvalue weighted by molar-refractivity contribution is -0.272. The second kappa shape index (κ2) is 17.6. The summed E-state index contributed by atoms with van der Waals surface area (Å²) >= 11 is 0. The Morgan fingerprint density at radius 2 is 1.64 bits per heavy atom. The SMILES string of the molecule is CCC1/C=C(\C)C(O)CCC(C)/C=C/C(O)C(C)C2CCC(C)[C@](O)(O2)C(=O)C(=O)N2CCCCC2C(=O)OC2C=CC(=CC2O)/C=C(\C)C1. The Labute approximate surface area is 297 Å². The molecule has 2 saturated heterocycles. The van der Waals surface area contributed by atoms with Gasteiger partial charge in [0.15, 0.2) is 0 Å². The molecule has 1 aliphatic carbocycles. The number of carbonyl (C=O) groups is 3. The molecule has 0 aromatic rings. The minimum atomic E-state index is -2.42. The maximum absolute atomic E-state index is 13.8. The number of fused-ring (bicyclic) bond motifs is 13. The molecule has 0 aromatic heterocycles. The number of nitrogens with zero attached hydrogens (tertiary/aromatic N) is 1. The van der Waals surface area contributed by atoms with Crippen LogP contribution in [0.15, 0.2) is 59.3 Å². The number of rotatable bonds is 1. The van der Waals surface area contributed by atoms with Gasteiger partial charge in [-0.1, -0.05) is 63.6 Å². The Kier molecular flexibility index (Phi) is 14.0. The highest BCUT2D eigenvalue weighted by Crippen LogP contribution is 2.38. The predicted octanol–water partition coefficient (Wildman–Crippen LogP) is 4.86. The first-order chi connectivity index (χ1) is 23.6. The molecule has 10 heteroatoms. The topological polar surface area (TPSA) is 154 Å². The molecule has 4 heterocycles. The molecule has 4 aliphatic heterocycles. The van der Waals surface area contributed by atoms with Crippen LogP contribution in [0.5, 0.6) is 0 Å². The van der Waals surface area contributed by atoms with Crippen LogP contribution in [0.25, 0.3) is 0 Å². The van der Waals surface area contributed by atoms with Crippen LogP contribution in [-0.4, -0.2) is 91.9 Å². The van der Waals surface area contributed by atoms with Crippen molar-refractivity contribution in [3.63, 3.8) is 0 Å². The third kappa shape index (κ3) is 9.70. The number of aliphatic hydroxyl groups is 4. The van der Waals surface area contributed by atoms with Crippen LogP contribution in [0.2, 0.25) is 0 Å². The summed E-state index contributed by atoms with van der Waals surface area (Å²) in [4.78, 5) is 42.2. The Morgan fingerprint density at radius 1 is 0.900 bits per heavy atom. The van der Waals surface area contributed by atoms with Gasteiger partial charge in [0, 0.05) is 18.4 Å². The van der Waals surface area contributed by atoms with Gasteiger partial charge in [-0.25, -0.2) is 4.79 Å². The second-order valence-electron chi connectivity index (χ2n) is 15.2. The molecule has 0 radical (unpaired) electrons. The van der Waals surface area contributed by atoms with Crippen molar-refractivity contribution in [2.45, 2.75) is 142 Å². The lowest BCUT2D eigenvalue weighted by atomic mass is 9.82. The molecule has 0 aromatic carbocycles. The first-order valence-electron chi connectivity index (χ1n) is 18.6. The molecule has 5 rings (SSSR count). The molecule has 4 bridgehead atoms. The first-order valence-corrected chi connectivity index (χ1v) is 18.6. The van der Waals surface area contributed by atoms with Gasteiger partial charge in [0.1, 0.15) is 18.2 Å². The summed E-state index contributed by atoms with van der Waals surface area (Å²) in [5.41, 5.74) is 2.80. The minimum Gasteiger partial charge on any atom is -0.453 e. The van der Waals surface area contributed by atoms with E-state index < -0.39 is 71.8 Å². The van der Waals surface area contributed by atoms with E-state index in [4.69, 9.17) is 9.47 Å². The van der Waals surface area contributed by atoms with Crippen LogP contribution < -0.4 is 0 Å². The van der Waals surface area contributed by atoms with E-state index in [-0.39, 0.29) is 24.8 Å². The molecule has 5 aliphatic rings. The van der Waals surface area contributed by atoms with Gasteiger partial charge in [-0.2, -0.15) is 0 Å². The van der Waals surface area contributed by atoms with Gasteiger partial charge in [0.2, 0.25) is 5.79 Å². The second-order valence-corrected chi connectivity index (χ2v) is 15.2. The van der Waals surface area contributed by atoms with Gasteiger partial charge in [-0.3, -0.25) is 9.59 Å². The summed E-state index contributed by atoms with van der Waals surface area (Å²) < 4.78 is 11.7. The van der Waals surface area contributed by atoms with Gasteiger partial charge in [0.05, 0.1) is 18.3 Å². The van der Waals surface area contributed by atoms with E-state index in [2.05, 4.69) is 13.0 Å². The van der Waals surface area contributed by atoms with E-state index in [0.717, 1.165) is 29.6 Å². The number of esters is 1. The fourth-order valence-corrected chi connectivity index (χ4v) is 7.46. The summed E-state index contributed by atoms with van der Waals surface area (Å²) in [6, 6.07) is -1.05. The number of piperidine rings is 1. The van der Waals surface area contributed by atoms with Crippen molar-refractivity contribution >= 4 is 17.7 Å². The number of carbonyl (C=O) groups excluding carboxylic acids is 3. The van der Waals surface area contributed by atoms with Crippen LogP contribution in [0.1, 0.15) is 99.3 Å². The van der Waals surface area contributed by atoms with Gasteiger partial charge in [-0.05, 0) is 107 Å².